The number of rotatable bonds is 4. The number of carboxylic acids is 1. The van der Waals surface area contributed by atoms with Crippen molar-refractivity contribution in [3.05, 3.63) is 35.6 Å². The maximum atomic E-state index is 13.3. The number of halogens is 3. The van der Waals surface area contributed by atoms with Crippen LogP contribution in [0.25, 0.3) is 0 Å². The molecular formula is C10H14ClF2NO2S. The third-order valence-corrected chi connectivity index (χ3v) is 2.12. The van der Waals surface area contributed by atoms with Gasteiger partial charge in [0.15, 0.2) is 0 Å². The first kappa shape index (κ1) is 18.5. The summed E-state index contributed by atoms with van der Waals surface area (Å²) in [5, 5.41) is 8.56. The van der Waals surface area contributed by atoms with Gasteiger partial charge in [-0.25, -0.2) is 8.78 Å². The average Bonchev–Trinajstić information content (AvgIpc) is 2.17. The van der Waals surface area contributed by atoms with E-state index in [1.165, 1.54) is 18.2 Å². The molecule has 3 N–H and O–H groups in total. The van der Waals surface area contributed by atoms with Gasteiger partial charge >= 0.3 is 5.97 Å². The van der Waals surface area contributed by atoms with Gasteiger partial charge in [0.1, 0.15) is 12.5 Å². The van der Waals surface area contributed by atoms with E-state index in [-0.39, 0.29) is 31.5 Å². The lowest BCUT2D eigenvalue weighted by molar-refractivity contribution is -0.138. The van der Waals surface area contributed by atoms with E-state index in [0.717, 1.165) is 6.07 Å². The molecule has 1 aromatic carbocycles. The van der Waals surface area contributed by atoms with Crippen LogP contribution in [0, 0.1) is 5.82 Å². The summed E-state index contributed by atoms with van der Waals surface area (Å²) in [7, 11) is 0. The minimum absolute atomic E-state index is 0. The van der Waals surface area contributed by atoms with Crippen LogP contribution in [0.5, 0.6) is 0 Å². The fourth-order valence-corrected chi connectivity index (χ4v) is 1.35. The predicted molar refractivity (Wildman–Crippen MR) is 68.1 cm³/mol. The van der Waals surface area contributed by atoms with Crippen LogP contribution in [0.3, 0.4) is 0 Å². The Labute approximate surface area is 111 Å². The normalized spacial score (nSPS) is 12.9. The molecular weight excluding hydrogens is 272 g/mol. The van der Waals surface area contributed by atoms with E-state index in [1.54, 1.807) is 0 Å². The lowest BCUT2D eigenvalue weighted by atomic mass is 9.88. The van der Waals surface area contributed by atoms with E-state index in [0.29, 0.717) is 0 Å². The summed E-state index contributed by atoms with van der Waals surface area (Å²) >= 11 is 0. The van der Waals surface area contributed by atoms with Gasteiger partial charge in [-0.3, -0.25) is 4.79 Å². The van der Waals surface area contributed by atoms with Crippen molar-refractivity contribution in [2.45, 2.75) is 12.0 Å². The fourth-order valence-electron chi connectivity index (χ4n) is 1.35. The summed E-state index contributed by atoms with van der Waals surface area (Å²) in [6.45, 7) is -1.12. The number of carbonyl (C=O) groups is 1. The molecule has 1 aromatic rings. The number of hydrogen-bond donors (Lipinski definition) is 2. The Kier molecular flexibility index (Phi) is 8.14. The molecule has 0 aliphatic rings. The highest BCUT2D eigenvalue weighted by atomic mass is 35.5. The largest absolute Gasteiger partial charge is 0.481 e. The quantitative estimate of drug-likeness (QED) is 0.889. The molecule has 17 heavy (non-hydrogen) atoms. The van der Waals surface area contributed by atoms with Gasteiger partial charge < -0.3 is 10.8 Å². The van der Waals surface area contributed by atoms with Crippen LogP contribution in [0.4, 0.5) is 8.78 Å². The third-order valence-electron chi connectivity index (χ3n) is 2.12. The molecule has 0 fully saturated rings. The Hall–Kier alpha value is -0.850. The monoisotopic (exact) mass is 285 g/mol. The summed E-state index contributed by atoms with van der Waals surface area (Å²) in [6.07, 6.45) is -0.648. The lowest BCUT2D eigenvalue weighted by Gasteiger charge is -2.25. The van der Waals surface area contributed by atoms with E-state index in [2.05, 4.69) is 0 Å². The van der Waals surface area contributed by atoms with Gasteiger partial charge in [-0.05, 0) is 6.07 Å². The first-order valence-electron chi connectivity index (χ1n) is 4.31. The van der Waals surface area contributed by atoms with Gasteiger partial charge in [0, 0.05) is 5.56 Å². The molecule has 0 heterocycles. The summed E-state index contributed by atoms with van der Waals surface area (Å²) < 4.78 is 26.0. The highest BCUT2D eigenvalue weighted by Crippen LogP contribution is 2.25. The second kappa shape index (κ2) is 7.47. The van der Waals surface area contributed by atoms with Crippen molar-refractivity contribution in [3.8, 4) is 0 Å². The Morgan fingerprint density at radius 3 is 2.35 bits per heavy atom. The zero-order valence-corrected chi connectivity index (χ0v) is 10.6. The van der Waals surface area contributed by atoms with E-state index in [1.807, 2.05) is 0 Å². The van der Waals surface area contributed by atoms with Crippen molar-refractivity contribution < 1.29 is 18.7 Å². The molecule has 98 valence electrons. The smallest absolute Gasteiger partial charge is 0.305 e. The first-order chi connectivity index (χ1) is 6.99. The molecule has 0 aromatic heterocycles. The zero-order valence-electron chi connectivity index (χ0n) is 8.82. The van der Waals surface area contributed by atoms with Crippen molar-refractivity contribution in [2.75, 3.05) is 6.67 Å². The van der Waals surface area contributed by atoms with Crippen molar-refractivity contribution in [3.63, 3.8) is 0 Å². The van der Waals surface area contributed by atoms with Gasteiger partial charge in [-0.15, -0.1) is 12.4 Å². The van der Waals surface area contributed by atoms with Crippen LogP contribution >= 0.6 is 25.9 Å². The average molecular weight is 286 g/mol. The maximum absolute atomic E-state index is 13.3. The molecule has 0 saturated heterocycles. The lowest BCUT2D eigenvalue weighted by Crippen LogP contribution is -2.42. The maximum Gasteiger partial charge on any atom is 0.305 e. The first-order valence-corrected chi connectivity index (χ1v) is 4.31. The molecule has 0 unspecified atom stereocenters. The summed E-state index contributed by atoms with van der Waals surface area (Å²) in [5.41, 5.74) is 3.61. The topological polar surface area (TPSA) is 63.3 Å². The van der Waals surface area contributed by atoms with Crippen LogP contribution in [0.2, 0.25) is 0 Å². The number of aliphatic carboxylic acids is 1. The number of benzene rings is 1. The van der Waals surface area contributed by atoms with E-state index >= 15 is 0 Å². The summed E-state index contributed by atoms with van der Waals surface area (Å²) in [4.78, 5) is 10.5. The highest BCUT2D eigenvalue weighted by Gasteiger charge is 2.32. The molecule has 0 bridgehead atoms. The Morgan fingerprint density at radius 2 is 1.94 bits per heavy atom. The number of alkyl halides is 1. The molecule has 0 aliphatic heterocycles. The van der Waals surface area contributed by atoms with Crippen molar-refractivity contribution >= 4 is 31.9 Å². The number of carboxylic acid groups (broad SMARTS) is 1. The van der Waals surface area contributed by atoms with Gasteiger partial charge in [-0.2, -0.15) is 13.5 Å². The van der Waals surface area contributed by atoms with Crippen LogP contribution in [-0.4, -0.2) is 17.8 Å². The van der Waals surface area contributed by atoms with Crippen LogP contribution < -0.4 is 5.73 Å². The molecule has 0 aliphatic carbocycles. The van der Waals surface area contributed by atoms with Crippen molar-refractivity contribution in [1.82, 2.24) is 0 Å². The summed E-state index contributed by atoms with van der Waals surface area (Å²) in [5.74, 6) is -1.96. The summed E-state index contributed by atoms with van der Waals surface area (Å²) in [6, 6.07) is 5.32. The minimum atomic E-state index is -1.79. The zero-order chi connectivity index (χ0) is 11.5. The van der Waals surface area contributed by atoms with E-state index in [9.17, 15) is 13.6 Å². The molecule has 1 rings (SSSR count). The second-order valence-electron chi connectivity index (χ2n) is 3.34. The molecule has 0 radical (unpaired) electrons. The van der Waals surface area contributed by atoms with Gasteiger partial charge in [0.05, 0.1) is 12.0 Å². The van der Waals surface area contributed by atoms with Gasteiger partial charge in [0.25, 0.3) is 0 Å². The van der Waals surface area contributed by atoms with E-state index in [4.69, 9.17) is 10.8 Å². The minimum Gasteiger partial charge on any atom is -0.481 e. The second-order valence-corrected chi connectivity index (χ2v) is 3.34. The van der Waals surface area contributed by atoms with Crippen LogP contribution in [-0.2, 0) is 10.3 Å². The van der Waals surface area contributed by atoms with Crippen LogP contribution in [0.15, 0.2) is 24.3 Å². The molecule has 0 spiro atoms. The van der Waals surface area contributed by atoms with E-state index < -0.39 is 30.4 Å². The van der Waals surface area contributed by atoms with Crippen LogP contribution in [0.1, 0.15) is 12.0 Å². The Morgan fingerprint density at radius 1 is 1.41 bits per heavy atom. The standard InChI is InChI=1S/C10H11F2NO2.ClH.H2S/c11-6-10(13,5-9(14)15)7-3-1-2-4-8(7)12;;/h1-4H,5-6,13H2,(H,14,15);1H;1H2/t10-;;/m1../s1. The SMILES string of the molecule is Cl.N[C@@](CF)(CC(=O)O)c1ccccc1F.S. The molecule has 1 atom stereocenters. The predicted octanol–water partition coefficient (Wildman–Crippen LogP) is 1.96. The fraction of sp³-hybridized carbons (Fsp3) is 0.300. The molecule has 0 saturated carbocycles. The third kappa shape index (κ3) is 4.49. The number of hydrogen-bond acceptors (Lipinski definition) is 2. The molecule has 7 heteroatoms. The number of nitrogens with two attached hydrogens (primary N) is 1. The van der Waals surface area contributed by atoms with Crippen molar-refractivity contribution in [1.29, 1.82) is 0 Å². The molecule has 3 nitrogen and oxygen atoms in total. The van der Waals surface area contributed by atoms with Gasteiger partial charge in [0.2, 0.25) is 0 Å². The highest BCUT2D eigenvalue weighted by molar-refractivity contribution is 7.59. The molecule has 0 amide bonds. The van der Waals surface area contributed by atoms with Gasteiger partial charge in [-0.1, -0.05) is 18.2 Å². The van der Waals surface area contributed by atoms with Crippen molar-refractivity contribution in [2.24, 2.45) is 5.73 Å². The Bertz CT molecular complexity index is 381. The Balaban J connectivity index is 0.